The van der Waals surface area contributed by atoms with Crippen LogP contribution in [-0.2, 0) is 12.8 Å². The van der Waals surface area contributed by atoms with Crippen LogP contribution in [0.4, 0.5) is 5.69 Å². The van der Waals surface area contributed by atoms with Gasteiger partial charge in [-0.2, -0.15) is 0 Å². The molecule has 2 N–H and O–H groups in total. The molecule has 1 aliphatic heterocycles. The largest absolute Gasteiger partial charge is 0.356 e. The standard InChI is InChI=1S/C22H25N3/c1-3-19-11-8-18(16-20(19)4-2)7-6-17-9-12-21(13-10-17)25-22-23-14-5-15-24-22/h3-4,8-13,16H,1-2,5-7,14-15H2,(H2,23,24,25). The number of nitrogens with zero attached hydrogens (tertiary/aromatic N) is 1. The van der Waals surface area contributed by atoms with E-state index in [9.17, 15) is 0 Å². The van der Waals surface area contributed by atoms with E-state index in [2.05, 4.69) is 71.2 Å². The van der Waals surface area contributed by atoms with Gasteiger partial charge in [0.05, 0.1) is 0 Å². The third-order valence-electron chi connectivity index (χ3n) is 4.41. The number of anilines is 1. The molecule has 0 aromatic heterocycles. The van der Waals surface area contributed by atoms with Gasteiger partial charge in [-0.1, -0.05) is 55.6 Å². The van der Waals surface area contributed by atoms with E-state index in [0.29, 0.717) is 0 Å². The molecule has 128 valence electrons. The Kier molecular flexibility index (Phi) is 5.68. The van der Waals surface area contributed by atoms with Crippen LogP contribution >= 0.6 is 0 Å². The van der Waals surface area contributed by atoms with Gasteiger partial charge in [0.25, 0.3) is 0 Å². The molecule has 0 unspecified atom stereocenters. The van der Waals surface area contributed by atoms with Crippen LogP contribution in [0.2, 0.25) is 0 Å². The van der Waals surface area contributed by atoms with E-state index in [0.717, 1.165) is 55.1 Å². The van der Waals surface area contributed by atoms with Gasteiger partial charge in [0.1, 0.15) is 0 Å². The fourth-order valence-electron chi connectivity index (χ4n) is 2.94. The van der Waals surface area contributed by atoms with Crippen molar-refractivity contribution in [2.45, 2.75) is 19.3 Å². The summed E-state index contributed by atoms with van der Waals surface area (Å²) in [6.45, 7) is 9.61. The van der Waals surface area contributed by atoms with Crippen LogP contribution in [0.5, 0.6) is 0 Å². The minimum atomic E-state index is 0.873. The molecule has 3 rings (SSSR count). The average molecular weight is 331 g/mol. The molecule has 0 amide bonds. The quantitative estimate of drug-likeness (QED) is 0.816. The maximum Gasteiger partial charge on any atom is 0.195 e. The van der Waals surface area contributed by atoms with Crippen molar-refractivity contribution in [1.29, 1.82) is 0 Å². The molecule has 1 heterocycles. The molecule has 0 saturated heterocycles. The highest BCUT2D eigenvalue weighted by molar-refractivity contribution is 5.93. The lowest BCUT2D eigenvalue weighted by Gasteiger charge is -2.16. The summed E-state index contributed by atoms with van der Waals surface area (Å²) in [6.07, 6.45) is 6.90. The van der Waals surface area contributed by atoms with E-state index >= 15 is 0 Å². The predicted octanol–water partition coefficient (Wildman–Crippen LogP) is 4.52. The Balaban J connectivity index is 1.59. The van der Waals surface area contributed by atoms with Crippen LogP contribution in [0.25, 0.3) is 12.2 Å². The number of guanidine groups is 1. The second-order valence-electron chi connectivity index (χ2n) is 6.20. The lowest BCUT2D eigenvalue weighted by Crippen LogP contribution is -2.35. The van der Waals surface area contributed by atoms with Crippen molar-refractivity contribution in [3.8, 4) is 0 Å². The molecule has 0 spiro atoms. The van der Waals surface area contributed by atoms with Gasteiger partial charge in [0, 0.05) is 18.8 Å². The van der Waals surface area contributed by atoms with E-state index < -0.39 is 0 Å². The maximum absolute atomic E-state index is 4.43. The smallest absolute Gasteiger partial charge is 0.195 e. The Morgan fingerprint density at radius 3 is 2.36 bits per heavy atom. The second kappa shape index (κ2) is 8.34. The molecular formula is C22H25N3. The van der Waals surface area contributed by atoms with Crippen molar-refractivity contribution in [3.63, 3.8) is 0 Å². The predicted molar refractivity (Wildman–Crippen MR) is 109 cm³/mol. The monoisotopic (exact) mass is 331 g/mol. The molecule has 3 heteroatoms. The van der Waals surface area contributed by atoms with Crippen molar-refractivity contribution in [2.75, 3.05) is 18.4 Å². The van der Waals surface area contributed by atoms with Crippen LogP contribution in [0.15, 0.2) is 60.6 Å². The Labute approximate surface area is 150 Å². The molecule has 0 aliphatic carbocycles. The number of hydrogen-bond donors (Lipinski definition) is 2. The van der Waals surface area contributed by atoms with Crippen LogP contribution in [0, 0.1) is 0 Å². The summed E-state index contributed by atoms with van der Waals surface area (Å²) in [5.74, 6) is 0.873. The molecule has 2 aromatic carbocycles. The van der Waals surface area contributed by atoms with Crippen molar-refractivity contribution in [1.82, 2.24) is 5.32 Å². The van der Waals surface area contributed by atoms with Crippen LogP contribution in [0.1, 0.15) is 28.7 Å². The van der Waals surface area contributed by atoms with Gasteiger partial charge in [-0.25, -0.2) is 0 Å². The first-order valence-corrected chi connectivity index (χ1v) is 8.80. The molecule has 0 radical (unpaired) electrons. The summed E-state index contributed by atoms with van der Waals surface area (Å²) >= 11 is 0. The minimum Gasteiger partial charge on any atom is -0.356 e. The van der Waals surface area contributed by atoms with E-state index in [4.69, 9.17) is 0 Å². The zero-order chi connectivity index (χ0) is 17.5. The van der Waals surface area contributed by atoms with E-state index in [1.165, 1.54) is 11.1 Å². The third kappa shape index (κ3) is 4.60. The molecule has 2 aromatic rings. The highest BCUT2D eigenvalue weighted by Gasteiger charge is 2.04. The average Bonchev–Trinajstić information content (AvgIpc) is 2.68. The van der Waals surface area contributed by atoms with Crippen LogP contribution in [0.3, 0.4) is 0 Å². The lowest BCUT2D eigenvalue weighted by atomic mass is 9.99. The number of aryl methyl sites for hydroxylation is 2. The molecule has 0 atom stereocenters. The van der Waals surface area contributed by atoms with Gasteiger partial charge >= 0.3 is 0 Å². The lowest BCUT2D eigenvalue weighted by molar-refractivity contribution is 0.740. The zero-order valence-electron chi connectivity index (χ0n) is 14.6. The van der Waals surface area contributed by atoms with Gasteiger partial charge in [0.2, 0.25) is 0 Å². The topological polar surface area (TPSA) is 36.4 Å². The highest BCUT2D eigenvalue weighted by atomic mass is 15.2. The van der Waals surface area contributed by atoms with Crippen molar-refractivity contribution >= 4 is 23.8 Å². The fourth-order valence-corrected chi connectivity index (χ4v) is 2.94. The SMILES string of the molecule is C=Cc1ccc(CCc2ccc(NC3=NCCCN3)cc2)cc1C=C. The van der Waals surface area contributed by atoms with Crippen LogP contribution < -0.4 is 10.6 Å². The highest BCUT2D eigenvalue weighted by Crippen LogP contribution is 2.17. The minimum absolute atomic E-state index is 0.873. The maximum atomic E-state index is 4.43. The first-order chi connectivity index (χ1) is 12.3. The summed E-state index contributed by atoms with van der Waals surface area (Å²) in [7, 11) is 0. The summed E-state index contributed by atoms with van der Waals surface area (Å²) in [5.41, 5.74) is 6.00. The van der Waals surface area contributed by atoms with Crippen LogP contribution in [-0.4, -0.2) is 19.0 Å². The van der Waals surface area contributed by atoms with Gasteiger partial charge < -0.3 is 10.6 Å². The number of rotatable bonds is 6. The number of nitrogens with one attached hydrogen (secondary N) is 2. The van der Waals surface area contributed by atoms with Gasteiger partial charge in [-0.05, 0) is 53.6 Å². The first-order valence-electron chi connectivity index (χ1n) is 8.80. The molecule has 3 nitrogen and oxygen atoms in total. The van der Waals surface area contributed by atoms with E-state index in [1.54, 1.807) is 0 Å². The van der Waals surface area contributed by atoms with E-state index in [-0.39, 0.29) is 0 Å². The molecule has 25 heavy (non-hydrogen) atoms. The molecule has 0 bridgehead atoms. The Morgan fingerprint density at radius 1 is 0.960 bits per heavy atom. The number of aliphatic imine (C=N–C) groups is 1. The summed E-state index contributed by atoms with van der Waals surface area (Å²) < 4.78 is 0. The molecular weight excluding hydrogens is 306 g/mol. The first kappa shape index (κ1) is 17.0. The van der Waals surface area contributed by atoms with E-state index in [1.807, 2.05) is 12.2 Å². The Morgan fingerprint density at radius 2 is 1.68 bits per heavy atom. The fraction of sp³-hybridized carbons (Fsp3) is 0.227. The van der Waals surface area contributed by atoms with Gasteiger partial charge in [-0.3, -0.25) is 4.99 Å². The van der Waals surface area contributed by atoms with Crippen molar-refractivity contribution < 1.29 is 0 Å². The summed E-state index contributed by atoms with van der Waals surface area (Å²) in [5, 5.41) is 6.60. The molecule has 0 saturated carbocycles. The number of hydrogen-bond acceptors (Lipinski definition) is 3. The Hall–Kier alpha value is -2.81. The normalized spacial score (nSPS) is 13.5. The second-order valence-corrected chi connectivity index (χ2v) is 6.20. The van der Waals surface area contributed by atoms with Gasteiger partial charge in [0.15, 0.2) is 5.96 Å². The zero-order valence-corrected chi connectivity index (χ0v) is 14.6. The summed E-state index contributed by atoms with van der Waals surface area (Å²) in [6, 6.07) is 15.1. The number of benzene rings is 2. The molecule has 0 fully saturated rings. The summed E-state index contributed by atoms with van der Waals surface area (Å²) in [4.78, 5) is 4.43. The third-order valence-corrected chi connectivity index (χ3v) is 4.41. The van der Waals surface area contributed by atoms with Gasteiger partial charge in [-0.15, -0.1) is 0 Å². The Bertz CT molecular complexity index is 772. The molecule has 1 aliphatic rings. The van der Waals surface area contributed by atoms with Crippen molar-refractivity contribution in [3.05, 3.63) is 77.9 Å². The van der Waals surface area contributed by atoms with Crippen molar-refractivity contribution in [2.24, 2.45) is 4.99 Å².